The molecule has 0 radical (unpaired) electrons. The fourth-order valence-corrected chi connectivity index (χ4v) is 1.39. The zero-order valence-corrected chi connectivity index (χ0v) is 8.29. The molecule has 0 bridgehead atoms. The van der Waals surface area contributed by atoms with Crippen LogP contribution in [0.3, 0.4) is 0 Å². The Morgan fingerprint density at radius 3 is 2.54 bits per heavy atom. The summed E-state index contributed by atoms with van der Waals surface area (Å²) >= 11 is 7.90. The van der Waals surface area contributed by atoms with Crippen molar-refractivity contribution in [2.45, 2.75) is 0 Å². The molecule has 0 amide bonds. The van der Waals surface area contributed by atoms with Gasteiger partial charge in [0, 0.05) is 0 Å². The molecule has 1 rings (SSSR count). The van der Waals surface area contributed by atoms with Crippen LogP contribution in [0.2, 0.25) is 5.02 Å². The molecule has 0 atom stereocenters. The van der Waals surface area contributed by atoms with E-state index >= 15 is 0 Å². The second-order valence-electron chi connectivity index (χ2n) is 2.15. The van der Waals surface area contributed by atoms with Crippen LogP contribution in [0.5, 0.6) is 0 Å². The van der Waals surface area contributed by atoms with Crippen molar-refractivity contribution in [3.05, 3.63) is 32.8 Å². The van der Waals surface area contributed by atoms with E-state index in [0.717, 1.165) is 0 Å². The van der Waals surface area contributed by atoms with E-state index in [9.17, 15) is 13.6 Å². The Labute approximate surface area is 85.3 Å². The third-order valence-electron chi connectivity index (χ3n) is 1.33. The predicted molar refractivity (Wildman–Crippen MR) is 46.0 cm³/mol. The molecule has 0 saturated carbocycles. The van der Waals surface area contributed by atoms with Crippen molar-refractivity contribution >= 4 is 33.5 Å². The molecule has 0 spiro atoms. The maximum absolute atomic E-state index is 12.9. The zero-order chi connectivity index (χ0) is 10.2. The van der Waals surface area contributed by atoms with Gasteiger partial charge >= 0.3 is 5.97 Å². The summed E-state index contributed by atoms with van der Waals surface area (Å²) in [6.07, 6.45) is 0. The number of carbonyl (C=O) groups is 1. The van der Waals surface area contributed by atoms with E-state index in [1.165, 1.54) is 0 Å². The van der Waals surface area contributed by atoms with Gasteiger partial charge in [-0.1, -0.05) is 11.6 Å². The first-order valence-corrected chi connectivity index (χ1v) is 4.18. The lowest BCUT2D eigenvalue weighted by Crippen LogP contribution is -2.01. The van der Waals surface area contributed by atoms with Crippen molar-refractivity contribution in [1.82, 2.24) is 0 Å². The van der Waals surface area contributed by atoms with E-state index in [0.29, 0.717) is 6.07 Å². The first kappa shape index (κ1) is 10.4. The topological polar surface area (TPSA) is 37.3 Å². The molecule has 0 aliphatic carbocycles. The SMILES string of the molecule is O=C(O)c1cc(F)c(Br)c(F)c1Cl. The fourth-order valence-electron chi connectivity index (χ4n) is 0.728. The monoisotopic (exact) mass is 270 g/mol. The standard InChI is InChI=1S/C7H2BrClF2O2/c8-4-3(10)1-2(7(12)13)5(9)6(4)11/h1H,(H,12,13). The summed E-state index contributed by atoms with van der Waals surface area (Å²) in [5.41, 5.74) is -0.597. The van der Waals surface area contributed by atoms with Crippen LogP contribution in [0.4, 0.5) is 8.78 Å². The van der Waals surface area contributed by atoms with Gasteiger partial charge in [-0.2, -0.15) is 0 Å². The Morgan fingerprint density at radius 2 is 2.08 bits per heavy atom. The molecule has 0 saturated heterocycles. The number of aromatic carboxylic acids is 1. The van der Waals surface area contributed by atoms with Gasteiger partial charge in [0.1, 0.15) is 5.82 Å². The van der Waals surface area contributed by atoms with Crippen LogP contribution in [0.15, 0.2) is 10.5 Å². The van der Waals surface area contributed by atoms with Crippen molar-refractivity contribution in [2.24, 2.45) is 0 Å². The number of halogens is 4. The Hall–Kier alpha value is -0.680. The molecule has 0 aliphatic rings. The first-order valence-electron chi connectivity index (χ1n) is 3.01. The van der Waals surface area contributed by atoms with Crippen LogP contribution in [0.25, 0.3) is 0 Å². The zero-order valence-electron chi connectivity index (χ0n) is 5.94. The molecule has 0 fully saturated rings. The molecule has 1 aromatic carbocycles. The molecule has 0 aromatic heterocycles. The van der Waals surface area contributed by atoms with E-state index < -0.39 is 32.7 Å². The Kier molecular flexibility index (Phi) is 2.87. The van der Waals surface area contributed by atoms with E-state index in [1.54, 1.807) is 0 Å². The van der Waals surface area contributed by atoms with Crippen LogP contribution in [-0.4, -0.2) is 11.1 Å². The van der Waals surface area contributed by atoms with E-state index in [1.807, 2.05) is 0 Å². The molecule has 6 heteroatoms. The van der Waals surface area contributed by atoms with Gasteiger partial charge < -0.3 is 5.11 Å². The summed E-state index contributed by atoms with van der Waals surface area (Å²) < 4.78 is 25.2. The molecule has 13 heavy (non-hydrogen) atoms. The summed E-state index contributed by atoms with van der Waals surface area (Å²) in [5, 5.41) is 7.86. The van der Waals surface area contributed by atoms with Gasteiger partial charge in [-0.05, 0) is 22.0 Å². The lowest BCUT2D eigenvalue weighted by atomic mass is 10.2. The lowest BCUT2D eigenvalue weighted by Gasteiger charge is -2.02. The molecule has 1 aromatic rings. The third kappa shape index (κ3) is 1.81. The number of carboxylic acid groups (broad SMARTS) is 1. The minimum Gasteiger partial charge on any atom is -0.478 e. The second kappa shape index (κ2) is 3.59. The number of benzene rings is 1. The summed E-state index contributed by atoms with van der Waals surface area (Å²) in [7, 11) is 0. The van der Waals surface area contributed by atoms with Crippen LogP contribution >= 0.6 is 27.5 Å². The van der Waals surface area contributed by atoms with Crippen molar-refractivity contribution < 1.29 is 18.7 Å². The minimum atomic E-state index is -1.48. The summed E-state index contributed by atoms with van der Waals surface area (Å²) in [4.78, 5) is 10.4. The molecule has 0 heterocycles. The lowest BCUT2D eigenvalue weighted by molar-refractivity contribution is 0.0696. The quantitative estimate of drug-likeness (QED) is 0.629. The number of hydrogen-bond donors (Lipinski definition) is 1. The van der Waals surface area contributed by atoms with Crippen molar-refractivity contribution in [1.29, 1.82) is 0 Å². The van der Waals surface area contributed by atoms with Crippen LogP contribution in [0.1, 0.15) is 10.4 Å². The average molecular weight is 271 g/mol. The van der Waals surface area contributed by atoms with Crippen LogP contribution < -0.4 is 0 Å². The Balaban J connectivity index is 3.50. The van der Waals surface area contributed by atoms with Gasteiger partial charge in [0.05, 0.1) is 15.1 Å². The van der Waals surface area contributed by atoms with Crippen LogP contribution in [0, 0.1) is 11.6 Å². The summed E-state index contributed by atoms with van der Waals surface area (Å²) in [6.45, 7) is 0. The van der Waals surface area contributed by atoms with Crippen molar-refractivity contribution in [3.63, 3.8) is 0 Å². The molecule has 0 aliphatic heterocycles. The first-order chi connectivity index (χ1) is 5.95. The number of hydrogen-bond acceptors (Lipinski definition) is 1. The van der Waals surface area contributed by atoms with Gasteiger partial charge in [0.2, 0.25) is 0 Å². The summed E-state index contributed by atoms with van der Waals surface area (Å²) in [6, 6.07) is 0.651. The van der Waals surface area contributed by atoms with Gasteiger partial charge in [0.25, 0.3) is 0 Å². The molecule has 0 unspecified atom stereocenters. The normalized spacial score (nSPS) is 10.2. The maximum Gasteiger partial charge on any atom is 0.337 e. The van der Waals surface area contributed by atoms with Crippen LogP contribution in [-0.2, 0) is 0 Å². The highest BCUT2D eigenvalue weighted by atomic mass is 79.9. The molecular weight excluding hydrogens is 269 g/mol. The van der Waals surface area contributed by atoms with Gasteiger partial charge in [-0.3, -0.25) is 0 Å². The average Bonchev–Trinajstić information content (AvgIpc) is 2.07. The smallest absolute Gasteiger partial charge is 0.337 e. The number of rotatable bonds is 1. The largest absolute Gasteiger partial charge is 0.478 e. The molecule has 70 valence electrons. The second-order valence-corrected chi connectivity index (χ2v) is 3.32. The highest BCUT2D eigenvalue weighted by Gasteiger charge is 2.19. The predicted octanol–water partition coefficient (Wildman–Crippen LogP) is 3.08. The Morgan fingerprint density at radius 1 is 1.54 bits per heavy atom. The van der Waals surface area contributed by atoms with E-state index in [2.05, 4.69) is 15.9 Å². The fraction of sp³-hybridized carbons (Fsp3) is 0. The molecule has 2 nitrogen and oxygen atoms in total. The van der Waals surface area contributed by atoms with Gasteiger partial charge in [-0.15, -0.1) is 0 Å². The van der Waals surface area contributed by atoms with Gasteiger partial charge in [0.15, 0.2) is 5.82 Å². The summed E-state index contributed by atoms with van der Waals surface area (Å²) in [5.74, 6) is -3.59. The minimum absolute atomic E-state index is 0.470. The number of carboxylic acids is 1. The van der Waals surface area contributed by atoms with E-state index in [-0.39, 0.29) is 0 Å². The van der Waals surface area contributed by atoms with Gasteiger partial charge in [-0.25, -0.2) is 13.6 Å². The Bertz CT molecular complexity index is 381. The van der Waals surface area contributed by atoms with Crippen molar-refractivity contribution in [2.75, 3.05) is 0 Å². The molecular formula is C7H2BrClF2O2. The molecule has 1 N–H and O–H groups in total. The maximum atomic E-state index is 12.9. The highest BCUT2D eigenvalue weighted by Crippen LogP contribution is 2.29. The van der Waals surface area contributed by atoms with E-state index in [4.69, 9.17) is 16.7 Å². The third-order valence-corrected chi connectivity index (χ3v) is 2.43. The highest BCUT2D eigenvalue weighted by molar-refractivity contribution is 9.10. The van der Waals surface area contributed by atoms with Crippen molar-refractivity contribution in [3.8, 4) is 0 Å².